The van der Waals surface area contributed by atoms with E-state index in [1.165, 1.54) is 0 Å². The highest BCUT2D eigenvalue weighted by molar-refractivity contribution is 5.79. The average molecular weight is 325 g/mol. The highest BCUT2D eigenvalue weighted by Crippen LogP contribution is 2.37. The highest BCUT2D eigenvalue weighted by Gasteiger charge is 2.39. The first kappa shape index (κ1) is 17.7. The average Bonchev–Trinajstić information content (AvgIpc) is 2.45. The van der Waals surface area contributed by atoms with Crippen molar-refractivity contribution in [3.05, 3.63) is 29.8 Å². The predicted molar refractivity (Wildman–Crippen MR) is 85.7 cm³/mol. The van der Waals surface area contributed by atoms with Crippen molar-refractivity contribution in [2.75, 3.05) is 0 Å². The summed E-state index contributed by atoms with van der Waals surface area (Å²) in [7, 11) is 0. The lowest BCUT2D eigenvalue weighted by Gasteiger charge is -2.29. The van der Waals surface area contributed by atoms with Crippen LogP contribution in [0.4, 0.5) is 8.78 Å². The minimum absolute atomic E-state index is 0.0691. The number of carbonyl (C=O) groups is 1. The quantitative estimate of drug-likeness (QED) is 0.867. The van der Waals surface area contributed by atoms with Crippen LogP contribution in [0.15, 0.2) is 24.3 Å². The summed E-state index contributed by atoms with van der Waals surface area (Å²) in [6.45, 7) is 5.75. The molecule has 0 aromatic heterocycles. The minimum atomic E-state index is -2.71. The number of alkyl halides is 2. The Bertz CT molecular complexity index is 546. The normalized spacial score (nSPS) is 21.7. The molecular weight excluding hydrogens is 300 g/mol. The molecule has 1 fully saturated rings. The molecule has 1 aliphatic rings. The molecule has 2 rings (SSSR count). The van der Waals surface area contributed by atoms with Gasteiger partial charge >= 0.3 is 0 Å². The fraction of sp³-hybridized carbons (Fsp3) is 0.611. The summed E-state index contributed by atoms with van der Waals surface area (Å²) in [5, 5.41) is 2.86. The van der Waals surface area contributed by atoms with Crippen molar-refractivity contribution in [2.45, 2.75) is 64.5 Å². The topological polar surface area (TPSA) is 38.3 Å². The molecule has 1 N–H and O–H groups in total. The molecule has 1 amide bonds. The third-order valence-corrected chi connectivity index (χ3v) is 4.10. The van der Waals surface area contributed by atoms with Crippen LogP contribution in [0, 0.1) is 5.92 Å². The van der Waals surface area contributed by atoms with Gasteiger partial charge in [0.25, 0.3) is 0 Å². The van der Waals surface area contributed by atoms with Crippen molar-refractivity contribution in [2.24, 2.45) is 5.92 Å². The molecule has 1 aromatic carbocycles. The Balaban J connectivity index is 1.98. The summed E-state index contributed by atoms with van der Waals surface area (Å²) in [5.74, 6) is -2.86. The summed E-state index contributed by atoms with van der Waals surface area (Å²) in [6.07, 6.45) is 0.546. The second-order valence-electron chi connectivity index (χ2n) is 6.62. The van der Waals surface area contributed by atoms with Crippen LogP contribution in [0.25, 0.3) is 0 Å². The van der Waals surface area contributed by atoms with Gasteiger partial charge < -0.3 is 10.1 Å². The molecule has 0 unspecified atom stereocenters. The number of halogens is 2. The van der Waals surface area contributed by atoms with Gasteiger partial charge in [-0.25, -0.2) is 8.78 Å². The zero-order valence-electron chi connectivity index (χ0n) is 13.9. The van der Waals surface area contributed by atoms with Crippen molar-refractivity contribution in [1.29, 1.82) is 0 Å². The Morgan fingerprint density at radius 3 is 2.74 bits per heavy atom. The second-order valence-corrected chi connectivity index (χ2v) is 6.62. The van der Waals surface area contributed by atoms with Crippen LogP contribution in [0.5, 0.6) is 5.75 Å². The van der Waals surface area contributed by atoms with Gasteiger partial charge in [-0.05, 0) is 51.3 Å². The number of hydrogen-bond donors (Lipinski definition) is 1. The molecule has 2 atom stereocenters. The molecule has 0 spiro atoms. The van der Waals surface area contributed by atoms with Gasteiger partial charge in [-0.1, -0.05) is 12.1 Å². The van der Waals surface area contributed by atoms with Gasteiger partial charge in [-0.3, -0.25) is 4.79 Å². The van der Waals surface area contributed by atoms with E-state index in [0.29, 0.717) is 12.8 Å². The molecule has 0 radical (unpaired) electrons. The van der Waals surface area contributed by atoms with E-state index in [4.69, 9.17) is 4.74 Å². The van der Waals surface area contributed by atoms with Crippen molar-refractivity contribution >= 4 is 5.91 Å². The molecule has 0 heterocycles. The van der Waals surface area contributed by atoms with Crippen LogP contribution < -0.4 is 10.1 Å². The molecule has 1 aliphatic carbocycles. The number of nitrogens with one attached hydrogen (secondary N) is 1. The Hall–Kier alpha value is -1.65. The maximum atomic E-state index is 13.5. The number of hydrogen-bond acceptors (Lipinski definition) is 2. The van der Waals surface area contributed by atoms with Crippen molar-refractivity contribution in [1.82, 2.24) is 5.32 Å². The number of ether oxygens (including phenoxy) is 1. The van der Waals surface area contributed by atoms with Gasteiger partial charge in [-0.15, -0.1) is 0 Å². The fourth-order valence-electron chi connectivity index (χ4n) is 2.94. The third-order valence-electron chi connectivity index (χ3n) is 4.10. The molecule has 0 saturated heterocycles. The van der Waals surface area contributed by atoms with Gasteiger partial charge in [0.2, 0.25) is 11.8 Å². The molecular formula is C18H25F2NO2. The molecule has 0 bridgehead atoms. The van der Waals surface area contributed by atoms with Gasteiger partial charge in [0.15, 0.2) is 0 Å². The number of carbonyl (C=O) groups excluding carboxylic acids is 1. The van der Waals surface area contributed by atoms with Crippen molar-refractivity contribution in [3.63, 3.8) is 0 Å². The van der Waals surface area contributed by atoms with Gasteiger partial charge in [0.05, 0.1) is 12.1 Å². The lowest BCUT2D eigenvalue weighted by atomic mass is 9.85. The monoisotopic (exact) mass is 325 g/mol. The lowest BCUT2D eigenvalue weighted by molar-refractivity contribution is -0.132. The standard InChI is InChI=1S/C18H25F2NO2/c1-12(2)23-16-8-4-6-14(10-16)13(3)21-17(22)15-7-5-9-18(19,20)11-15/h4,6,8,10,12-13,15H,5,7,9,11H2,1-3H3,(H,21,22)/t13-,15-/m0/s1. The van der Waals surface area contributed by atoms with Crippen LogP contribution in [0.1, 0.15) is 58.1 Å². The smallest absolute Gasteiger partial charge is 0.248 e. The van der Waals surface area contributed by atoms with E-state index in [2.05, 4.69) is 5.32 Å². The molecule has 0 aliphatic heterocycles. The van der Waals surface area contributed by atoms with Crippen LogP contribution in [-0.2, 0) is 4.79 Å². The van der Waals surface area contributed by atoms with Crippen molar-refractivity contribution in [3.8, 4) is 5.75 Å². The first-order valence-corrected chi connectivity index (χ1v) is 8.21. The first-order valence-electron chi connectivity index (χ1n) is 8.21. The number of rotatable bonds is 5. The maximum absolute atomic E-state index is 13.5. The zero-order chi connectivity index (χ0) is 17.0. The van der Waals surface area contributed by atoms with E-state index in [0.717, 1.165) is 11.3 Å². The Kier molecular flexibility index (Phi) is 5.60. The van der Waals surface area contributed by atoms with E-state index >= 15 is 0 Å². The molecule has 128 valence electrons. The Labute approximate surface area is 136 Å². The summed E-state index contributed by atoms with van der Waals surface area (Å²) >= 11 is 0. The van der Waals surface area contributed by atoms with Crippen LogP contribution in [0.2, 0.25) is 0 Å². The SMILES string of the molecule is CC(C)Oc1cccc([C@H](C)NC(=O)[C@H]2CCCC(F)(F)C2)c1. The highest BCUT2D eigenvalue weighted by atomic mass is 19.3. The zero-order valence-corrected chi connectivity index (χ0v) is 13.9. The molecule has 1 saturated carbocycles. The van der Waals surface area contributed by atoms with E-state index in [1.54, 1.807) is 0 Å². The fourth-order valence-corrected chi connectivity index (χ4v) is 2.94. The van der Waals surface area contributed by atoms with Gasteiger partial charge in [0.1, 0.15) is 5.75 Å². The summed E-state index contributed by atoms with van der Waals surface area (Å²) in [5.41, 5.74) is 0.902. The predicted octanol–water partition coefficient (Wildman–Crippen LogP) is 4.48. The lowest BCUT2D eigenvalue weighted by Crippen LogP contribution is -2.38. The van der Waals surface area contributed by atoms with Crippen LogP contribution >= 0.6 is 0 Å². The molecule has 5 heteroatoms. The molecule has 23 heavy (non-hydrogen) atoms. The van der Waals surface area contributed by atoms with Gasteiger partial charge in [0, 0.05) is 18.8 Å². The summed E-state index contributed by atoms with van der Waals surface area (Å²) < 4.78 is 32.5. The summed E-state index contributed by atoms with van der Waals surface area (Å²) in [6, 6.07) is 7.26. The second kappa shape index (κ2) is 7.28. The minimum Gasteiger partial charge on any atom is -0.491 e. The van der Waals surface area contributed by atoms with E-state index in [-0.39, 0.29) is 30.9 Å². The Morgan fingerprint density at radius 1 is 1.35 bits per heavy atom. The van der Waals surface area contributed by atoms with E-state index in [1.807, 2.05) is 45.0 Å². The molecule has 3 nitrogen and oxygen atoms in total. The number of benzene rings is 1. The van der Waals surface area contributed by atoms with E-state index in [9.17, 15) is 13.6 Å². The number of amides is 1. The maximum Gasteiger partial charge on any atom is 0.248 e. The third kappa shape index (κ3) is 5.19. The van der Waals surface area contributed by atoms with E-state index < -0.39 is 11.8 Å². The Morgan fingerprint density at radius 2 is 2.09 bits per heavy atom. The summed E-state index contributed by atoms with van der Waals surface area (Å²) in [4.78, 5) is 12.3. The van der Waals surface area contributed by atoms with Crippen LogP contribution in [-0.4, -0.2) is 17.9 Å². The first-order chi connectivity index (χ1) is 10.8. The van der Waals surface area contributed by atoms with Crippen LogP contribution in [0.3, 0.4) is 0 Å². The van der Waals surface area contributed by atoms with Crippen molar-refractivity contribution < 1.29 is 18.3 Å². The molecule has 1 aromatic rings. The largest absolute Gasteiger partial charge is 0.491 e. The van der Waals surface area contributed by atoms with Gasteiger partial charge in [-0.2, -0.15) is 0 Å².